The zero-order valence-electron chi connectivity index (χ0n) is 10.8. The number of hydrogen-bond donors (Lipinski definition) is 2. The smallest absolute Gasteiger partial charge is 0.0778 e. The average Bonchev–Trinajstić information content (AvgIpc) is 2.78. The largest absolute Gasteiger partial charge is 0.394 e. The minimum absolute atomic E-state index is 0.0492. The zero-order valence-corrected chi connectivity index (χ0v) is 10.8. The van der Waals surface area contributed by atoms with Crippen LogP contribution >= 0.6 is 0 Å². The number of hydrogen-bond acceptors (Lipinski definition) is 3. The Hall–Kier alpha value is -1.81. The molecule has 0 amide bonds. The number of nitrogens with one attached hydrogen (secondary N) is 1. The third-order valence-electron chi connectivity index (χ3n) is 2.95. The molecule has 0 radical (unpaired) electrons. The minimum Gasteiger partial charge on any atom is -0.394 e. The summed E-state index contributed by atoms with van der Waals surface area (Å²) >= 11 is 0. The lowest BCUT2D eigenvalue weighted by molar-refractivity contribution is 0.276. The Morgan fingerprint density at radius 1 is 1.33 bits per heavy atom. The van der Waals surface area contributed by atoms with Gasteiger partial charge < -0.3 is 10.4 Å². The van der Waals surface area contributed by atoms with E-state index >= 15 is 0 Å². The summed E-state index contributed by atoms with van der Waals surface area (Å²) in [5.41, 5.74) is 3.09. The van der Waals surface area contributed by atoms with Gasteiger partial charge in [-0.2, -0.15) is 5.10 Å². The Morgan fingerprint density at radius 2 is 2.06 bits per heavy atom. The highest BCUT2D eigenvalue weighted by molar-refractivity contribution is 5.45. The van der Waals surface area contributed by atoms with Crippen molar-refractivity contribution in [1.29, 1.82) is 0 Å². The molecule has 18 heavy (non-hydrogen) atoms. The first kappa shape index (κ1) is 12.6. The van der Waals surface area contributed by atoms with Crippen LogP contribution in [0.2, 0.25) is 0 Å². The lowest BCUT2D eigenvalue weighted by atomic mass is 10.1. The summed E-state index contributed by atoms with van der Waals surface area (Å²) in [4.78, 5) is 0. The molecule has 0 saturated carbocycles. The fraction of sp³-hybridized carbons (Fsp3) is 0.357. The third kappa shape index (κ3) is 2.71. The Morgan fingerprint density at radius 3 is 2.67 bits per heavy atom. The van der Waals surface area contributed by atoms with Gasteiger partial charge in [-0.3, -0.25) is 4.68 Å². The van der Waals surface area contributed by atoms with Gasteiger partial charge in [0.1, 0.15) is 0 Å². The first-order valence-corrected chi connectivity index (χ1v) is 6.19. The Labute approximate surface area is 107 Å². The van der Waals surface area contributed by atoms with Crippen molar-refractivity contribution in [3.05, 3.63) is 47.8 Å². The first-order chi connectivity index (χ1) is 8.74. The van der Waals surface area contributed by atoms with Crippen molar-refractivity contribution in [3.63, 3.8) is 0 Å². The topological polar surface area (TPSA) is 50.1 Å². The molecule has 2 aromatic rings. The maximum atomic E-state index is 9.57. The molecular formula is C14H19N3O. The summed E-state index contributed by atoms with van der Waals surface area (Å²) in [5, 5.41) is 17.3. The van der Waals surface area contributed by atoms with E-state index in [4.69, 9.17) is 0 Å². The maximum Gasteiger partial charge on any atom is 0.0778 e. The number of nitrogens with zero attached hydrogens (tertiary/aromatic N) is 2. The van der Waals surface area contributed by atoms with E-state index < -0.39 is 0 Å². The highest BCUT2D eigenvalue weighted by Crippen LogP contribution is 2.22. The van der Waals surface area contributed by atoms with Gasteiger partial charge in [0.25, 0.3) is 0 Å². The quantitative estimate of drug-likeness (QED) is 0.848. The predicted octanol–water partition coefficient (Wildman–Crippen LogP) is 2.13. The predicted molar refractivity (Wildman–Crippen MR) is 72.5 cm³/mol. The van der Waals surface area contributed by atoms with Crippen LogP contribution in [0.1, 0.15) is 24.2 Å². The molecule has 1 atom stereocenters. The standard InChI is InChI=1S/C14H19N3O/c1-3-13-12(9-17(2)16-13)14(10-18)15-11-7-5-4-6-8-11/h4-9,14-15,18H,3,10H2,1-2H3. The molecule has 0 spiro atoms. The molecular weight excluding hydrogens is 226 g/mol. The lowest BCUT2D eigenvalue weighted by Gasteiger charge is -2.17. The van der Waals surface area contributed by atoms with Crippen molar-refractivity contribution >= 4 is 5.69 Å². The van der Waals surface area contributed by atoms with E-state index in [0.717, 1.165) is 23.4 Å². The van der Waals surface area contributed by atoms with Crippen molar-refractivity contribution in [2.45, 2.75) is 19.4 Å². The molecule has 96 valence electrons. The molecule has 4 nitrogen and oxygen atoms in total. The summed E-state index contributed by atoms with van der Waals surface area (Å²) < 4.78 is 1.80. The molecule has 0 aliphatic rings. The molecule has 1 heterocycles. The molecule has 0 saturated heterocycles. The number of aryl methyl sites for hydroxylation is 2. The van der Waals surface area contributed by atoms with Crippen LogP contribution in [0.4, 0.5) is 5.69 Å². The van der Waals surface area contributed by atoms with Crippen LogP contribution in [-0.2, 0) is 13.5 Å². The van der Waals surface area contributed by atoms with Gasteiger partial charge >= 0.3 is 0 Å². The number of aliphatic hydroxyl groups excluding tert-OH is 1. The number of rotatable bonds is 5. The molecule has 1 aromatic heterocycles. The van der Waals surface area contributed by atoms with Gasteiger partial charge in [0, 0.05) is 24.5 Å². The van der Waals surface area contributed by atoms with E-state index in [1.807, 2.05) is 43.6 Å². The molecule has 2 N–H and O–H groups in total. The highest BCUT2D eigenvalue weighted by atomic mass is 16.3. The second kappa shape index (κ2) is 5.69. The van der Waals surface area contributed by atoms with Gasteiger partial charge in [0.05, 0.1) is 18.3 Å². The van der Waals surface area contributed by atoms with Crippen LogP contribution in [0, 0.1) is 0 Å². The summed E-state index contributed by atoms with van der Waals surface area (Å²) in [5.74, 6) is 0. The molecule has 2 rings (SSSR count). The van der Waals surface area contributed by atoms with Gasteiger partial charge in [-0.1, -0.05) is 25.1 Å². The minimum atomic E-state index is -0.115. The molecule has 0 aliphatic carbocycles. The van der Waals surface area contributed by atoms with Crippen LogP contribution < -0.4 is 5.32 Å². The van der Waals surface area contributed by atoms with Gasteiger partial charge in [0.2, 0.25) is 0 Å². The highest BCUT2D eigenvalue weighted by Gasteiger charge is 2.16. The fourth-order valence-corrected chi connectivity index (χ4v) is 2.08. The number of para-hydroxylation sites is 1. The maximum absolute atomic E-state index is 9.57. The number of aliphatic hydroxyl groups is 1. The van der Waals surface area contributed by atoms with Gasteiger partial charge in [-0.25, -0.2) is 0 Å². The number of anilines is 1. The van der Waals surface area contributed by atoms with E-state index in [-0.39, 0.29) is 12.6 Å². The molecule has 0 aliphatic heterocycles. The Bertz CT molecular complexity index is 493. The Kier molecular flexibility index (Phi) is 3.99. The third-order valence-corrected chi connectivity index (χ3v) is 2.95. The van der Waals surface area contributed by atoms with E-state index in [9.17, 15) is 5.11 Å². The average molecular weight is 245 g/mol. The molecule has 0 bridgehead atoms. The second-order valence-electron chi connectivity index (χ2n) is 4.30. The van der Waals surface area contributed by atoms with Crippen molar-refractivity contribution in [3.8, 4) is 0 Å². The fourth-order valence-electron chi connectivity index (χ4n) is 2.08. The van der Waals surface area contributed by atoms with Crippen LogP contribution in [0.5, 0.6) is 0 Å². The van der Waals surface area contributed by atoms with Crippen molar-refractivity contribution in [2.24, 2.45) is 7.05 Å². The summed E-state index contributed by atoms with van der Waals surface area (Å²) in [7, 11) is 1.90. The molecule has 0 fully saturated rings. The number of aromatic nitrogens is 2. The van der Waals surface area contributed by atoms with Crippen LogP contribution in [0.25, 0.3) is 0 Å². The SMILES string of the molecule is CCc1nn(C)cc1C(CO)Nc1ccccc1. The first-order valence-electron chi connectivity index (χ1n) is 6.19. The summed E-state index contributed by atoms with van der Waals surface area (Å²) in [6.45, 7) is 2.12. The molecule has 4 heteroatoms. The molecule has 1 unspecified atom stereocenters. The normalized spacial score (nSPS) is 12.4. The summed E-state index contributed by atoms with van der Waals surface area (Å²) in [6, 6.07) is 9.79. The Balaban J connectivity index is 2.22. The van der Waals surface area contributed by atoms with E-state index in [1.165, 1.54) is 0 Å². The van der Waals surface area contributed by atoms with Crippen LogP contribution in [0.15, 0.2) is 36.5 Å². The van der Waals surface area contributed by atoms with Gasteiger partial charge in [0.15, 0.2) is 0 Å². The van der Waals surface area contributed by atoms with Gasteiger partial charge in [-0.15, -0.1) is 0 Å². The van der Waals surface area contributed by atoms with Crippen LogP contribution in [-0.4, -0.2) is 21.5 Å². The zero-order chi connectivity index (χ0) is 13.0. The van der Waals surface area contributed by atoms with E-state index in [2.05, 4.69) is 17.3 Å². The van der Waals surface area contributed by atoms with Crippen molar-refractivity contribution in [2.75, 3.05) is 11.9 Å². The summed E-state index contributed by atoms with van der Waals surface area (Å²) in [6.07, 6.45) is 2.83. The lowest BCUT2D eigenvalue weighted by Crippen LogP contribution is -2.15. The monoisotopic (exact) mass is 245 g/mol. The van der Waals surface area contributed by atoms with Gasteiger partial charge in [-0.05, 0) is 18.6 Å². The van der Waals surface area contributed by atoms with Crippen molar-refractivity contribution in [1.82, 2.24) is 9.78 Å². The van der Waals surface area contributed by atoms with Crippen molar-refractivity contribution < 1.29 is 5.11 Å². The van der Waals surface area contributed by atoms with E-state index in [0.29, 0.717) is 0 Å². The van der Waals surface area contributed by atoms with E-state index in [1.54, 1.807) is 4.68 Å². The number of benzene rings is 1. The second-order valence-corrected chi connectivity index (χ2v) is 4.30. The van der Waals surface area contributed by atoms with Crippen LogP contribution in [0.3, 0.4) is 0 Å². The molecule has 1 aromatic carbocycles.